The molecule has 7 heteroatoms. The summed E-state index contributed by atoms with van der Waals surface area (Å²) in [7, 11) is 0. The quantitative estimate of drug-likeness (QED) is 0.805. The third kappa shape index (κ3) is 3.97. The number of nitrogens with zero attached hydrogens (tertiary/aromatic N) is 1. The smallest absolute Gasteiger partial charge is 0.312 e. The Morgan fingerprint density at radius 1 is 1.25 bits per heavy atom. The first-order valence-electron chi connectivity index (χ1n) is 8.56. The van der Waals surface area contributed by atoms with E-state index in [1.54, 1.807) is 67.0 Å². The number of halogens is 1. The Labute approximate surface area is 165 Å². The summed E-state index contributed by atoms with van der Waals surface area (Å²) in [6.45, 7) is 0.274. The van der Waals surface area contributed by atoms with E-state index in [9.17, 15) is 9.59 Å². The standard InChI is InChI=1S/C21H15ClN2O4/c22-15-6-3-13(4-7-15)10-19-21(26)24-17-11-14(5-8-18(17)28-19)20(25)23-12-16-2-1-9-27-16/h1-11,18H,12H2,(H,23,25)/b19-10-. The van der Waals surface area contributed by atoms with Crippen molar-refractivity contribution in [1.82, 2.24) is 5.32 Å². The van der Waals surface area contributed by atoms with Crippen LogP contribution in [0.5, 0.6) is 0 Å². The van der Waals surface area contributed by atoms with Crippen LogP contribution in [-0.4, -0.2) is 23.6 Å². The zero-order valence-electron chi connectivity index (χ0n) is 14.6. The molecule has 0 spiro atoms. The molecule has 1 atom stereocenters. The summed E-state index contributed by atoms with van der Waals surface area (Å²) in [6, 6.07) is 10.5. The maximum absolute atomic E-state index is 12.3. The minimum absolute atomic E-state index is 0.139. The third-order valence-corrected chi connectivity index (χ3v) is 4.43. The van der Waals surface area contributed by atoms with Gasteiger partial charge >= 0.3 is 5.91 Å². The van der Waals surface area contributed by atoms with E-state index in [0.717, 1.165) is 5.56 Å². The summed E-state index contributed by atoms with van der Waals surface area (Å²) in [5.41, 5.74) is 1.56. The number of hydrogen-bond acceptors (Lipinski definition) is 4. The third-order valence-electron chi connectivity index (χ3n) is 4.17. The number of fused-ring (bicyclic) bond motifs is 1. The first kappa shape index (κ1) is 18.0. The fraction of sp³-hybridized carbons (Fsp3) is 0.0952. The van der Waals surface area contributed by atoms with Gasteiger partial charge in [0.15, 0.2) is 11.9 Å². The van der Waals surface area contributed by atoms with Crippen molar-refractivity contribution in [3.05, 3.63) is 88.6 Å². The number of furan rings is 1. The van der Waals surface area contributed by atoms with Gasteiger partial charge in [0.1, 0.15) is 5.76 Å². The molecule has 1 unspecified atom stereocenters. The molecule has 1 aromatic heterocycles. The van der Waals surface area contributed by atoms with Crippen molar-refractivity contribution in [3.63, 3.8) is 0 Å². The lowest BCUT2D eigenvalue weighted by Gasteiger charge is -2.24. The molecule has 6 nitrogen and oxygen atoms in total. The average Bonchev–Trinajstić information content (AvgIpc) is 3.21. The van der Waals surface area contributed by atoms with Gasteiger partial charge in [0.05, 0.1) is 18.5 Å². The summed E-state index contributed by atoms with van der Waals surface area (Å²) >= 11 is 5.87. The molecule has 140 valence electrons. The van der Waals surface area contributed by atoms with E-state index in [1.807, 2.05) is 0 Å². The van der Waals surface area contributed by atoms with Gasteiger partial charge in [-0.25, -0.2) is 4.99 Å². The van der Waals surface area contributed by atoms with Crippen molar-refractivity contribution in [2.24, 2.45) is 4.99 Å². The lowest BCUT2D eigenvalue weighted by molar-refractivity contribution is -0.119. The van der Waals surface area contributed by atoms with E-state index in [0.29, 0.717) is 22.1 Å². The lowest BCUT2D eigenvalue weighted by Crippen LogP contribution is -2.33. The van der Waals surface area contributed by atoms with Crippen molar-refractivity contribution < 1.29 is 18.7 Å². The zero-order chi connectivity index (χ0) is 19.5. The van der Waals surface area contributed by atoms with Crippen LogP contribution < -0.4 is 5.32 Å². The van der Waals surface area contributed by atoms with Crippen LogP contribution >= 0.6 is 11.6 Å². The highest BCUT2D eigenvalue weighted by Gasteiger charge is 2.28. The van der Waals surface area contributed by atoms with E-state index >= 15 is 0 Å². The van der Waals surface area contributed by atoms with Gasteiger partial charge in [-0.05, 0) is 54.1 Å². The van der Waals surface area contributed by atoms with Gasteiger partial charge in [-0.2, -0.15) is 0 Å². The summed E-state index contributed by atoms with van der Waals surface area (Å²) < 4.78 is 10.9. The summed E-state index contributed by atoms with van der Waals surface area (Å²) in [5.74, 6) is 0.00352. The number of nitrogens with one attached hydrogen (secondary N) is 1. The number of ether oxygens (including phenoxy) is 1. The van der Waals surface area contributed by atoms with Crippen molar-refractivity contribution in [2.75, 3.05) is 0 Å². The van der Waals surface area contributed by atoms with Gasteiger partial charge in [0, 0.05) is 10.6 Å². The second-order valence-corrected chi connectivity index (χ2v) is 6.60. The maximum Gasteiger partial charge on any atom is 0.312 e. The molecule has 2 aliphatic rings. The first-order valence-corrected chi connectivity index (χ1v) is 8.93. The van der Waals surface area contributed by atoms with Gasteiger partial charge in [-0.3, -0.25) is 9.59 Å². The molecule has 0 radical (unpaired) electrons. The molecule has 0 fully saturated rings. The van der Waals surface area contributed by atoms with Crippen molar-refractivity contribution in [3.8, 4) is 0 Å². The van der Waals surface area contributed by atoms with Crippen LogP contribution in [0, 0.1) is 0 Å². The molecular weight excluding hydrogens is 380 g/mol. The second-order valence-electron chi connectivity index (χ2n) is 6.16. The molecule has 1 aliphatic carbocycles. The van der Waals surface area contributed by atoms with Crippen LogP contribution in [0.25, 0.3) is 6.08 Å². The van der Waals surface area contributed by atoms with E-state index in [1.165, 1.54) is 0 Å². The molecule has 0 saturated heterocycles. The minimum Gasteiger partial charge on any atom is -0.474 e. The Balaban J connectivity index is 1.48. The monoisotopic (exact) mass is 394 g/mol. The van der Waals surface area contributed by atoms with Gasteiger partial charge in [0.25, 0.3) is 5.91 Å². The van der Waals surface area contributed by atoms with E-state index < -0.39 is 12.0 Å². The molecule has 2 heterocycles. The highest BCUT2D eigenvalue weighted by Crippen LogP contribution is 2.23. The highest BCUT2D eigenvalue weighted by atomic mass is 35.5. The Bertz CT molecular complexity index is 1030. The molecule has 28 heavy (non-hydrogen) atoms. The maximum atomic E-state index is 12.3. The topological polar surface area (TPSA) is 80.9 Å². The molecule has 0 bridgehead atoms. The predicted octanol–water partition coefficient (Wildman–Crippen LogP) is 3.45. The number of benzene rings is 1. The predicted molar refractivity (Wildman–Crippen MR) is 105 cm³/mol. The van der Waals surface area contributed by atoms with Crippen molar-refractivity contribution in [1.29, 1.82) is 0 Å². The van der Waals surface area contributed by atoms with Crippen molar-refractivity contribution in [2.45, 2.75) is 12.6 Å². The molecule has 1 aliphatic heterocycles. The number of carbonyl (C=O) groups excluding carboxylic acids is 2. The van der Waals surface area contributed by atoms with E-state index in [2.05, 4.69) is 10.3 Å². The van der Waals surface area contributed by atoms with Crippen LogP contribution in [0.3, 0.4) is 0 Å². The van der Waals surface area contributed by atoms with Crippen LogP contribution in [-0.2, 0) is 20.9 Å². The van der Waals surface area contributed by atoms with Gasteiger partial charge in [0.2, 0.25) is 0 Å². The van der Waals surface area contributed by atoms with E-state index in [-0.39, 0.29) is 18.2 Å². The van der Waals surface area contributed by atoms with Crippen molar-refractivity contribution >= 4 is 35.2 Å². The van der Waals surface area contributed by atoms with Crippen LogP contribution in [0.15, 0.2) is 81.6 Å². The highest BCUT2D eigenvalue weighted by molar-refractivity contribution is 6.30. The minimum atomic E-state index is -0.516. The molecule has 0 saturated carbocycles. The molecule has 2 aromatic rings. The van der Waals surface area contributed by atoms with E-state index in [4.69, 9.17) is 20.8 Å². The summed E-state index contributed by atoms with van der Waals surface area (Å²) in [5, 5.41) is 3.36. The van der Waals surface area contributed by atoms with Crippen LogP contribution in [0.4, 0.5) is 0 Å². The number of rotatable bonds is 4. The van der Waals surface area contributed by atoms with Gasteiger partial charge < -0.3 is 14.5 Å². The van der Waals surface area contributed by atoms with Gasteiger partial charge in [-0.15, -0.1) is 0 Å². The number of amides is 2. The SMILES string of the molecule is O=C(NCc1ccco1)C1=CC2=NC(=O)/C(=C/c3ccc(Cl)cc3)OC2C=C1. The second kappa shape index (κ2) is 7.70. The Morgan fingerprint density at radius 3 is 2.82 bits per heavy atom. The molecule has 4 rings (SSSR count). The number of hydrogen-bond donors (Lipinski definition) is 1. The fourth-order valence-corrected chi connectivity index (χ4v) is 2.89. The van der Waals surface area contributed by atoms with Crippen LogP contribution in [0.2, 0.25) is 5.02 Å². The van der Waals surface area contributed by atoms with Gasteiger partial charge in [-0.1, -0.05) is 23.7 Å². The molecule has 1 aromatic carbocycles. The lowest BCUT2D eigenvalue weighted by atomic mass is 10.0. The molecular formula is C21H15ClN2O4. The first-order chi connectivity index (χ1) is 13.6. The number of carbonyl (C=O) groups is 2. The normalized spacial score (nSPS) is 19.5. The van der Waals surface area contributed by atoms with Crippen LogP contribution in [0.1, 0.15) is 11.3 Å². The Hall–Kier alpha value is -3.38. The fourth-order valence-electron chi connectivity index (χ4n) is 2.76. The molecule has 2 amide bonds. The molecule has 1 N–H and O–H groups in total. The summed E-state index contributed by atoms with van der Waals surface area (Å²) in [4.78, 5) is 28.7. The summed E-state index contributed by atoms with van der Waals surface area (Å²) in [6.07, 6.45) is 7.54. The average molecular weight is 395 g/mol. The largest absolute Gasteiger partial charge is 0.474 e. The zero-order valence-corrected chi connectivity index (χ0v) is 15.3. The number of aliphatic imine (C=N–C) groups is 1. The Kier molecular flexibility index (Phi) is 4.95. The Morgan fingerprint density at radius 2 is 2.07 bits per heavy atom.